The van der Waals surface area contributed by atoms with E-state index >= 15 is 0 Å². The molecule has 2 rings (SSSR count). The van der Waals surface area contributed by atoms with Gasteiger partial charge in [-0.3, -0.25) is 4.68 Å². The first-order chi connectivity index (χ1) is 6.25. The van der Waals surface area contributed by atoms with Gasteiger partial charge < -0.3 is 10.6 Å². The molecule has 72 valence electrons. The minimum absolute atomic E-state index is 0.550. The van der Waals surface area contributed by atoms with Crippen molar-refractivity contribution in [3.05, 3.63) is 12.3 Å². The van der Waals surface area contributed by atoms with Crippen molar-refractivity contribution in [2.24, 2.45) is 0 Å². The van der Waals surface area contributed by atoms with Gasteiger partial charge in [0.2, 0.25) is 0 Å². The van der Waals surface area contributed by atoms with Crippen molar-refractivity contribution < 1.29 is 0 Å². The number of hydrogen-bond acceptors (Lipinski definition) is 3. The summed E-state index contributed by atoms with van der Waals surface area (Å²) in [6, 6.07) is 2.41. The zero-order chi connectivity index (χ0) is 9.26. The molecule has 1 aromatic rings. The van der Waals surface area contributed by atoms with Crippen LogP contribution in [-0.2, 0) is 0 Å². The van der Waals surface area contributed by atoms with E-state index in [0.29, 0.717) is 11.9 Å². The standard InChI is InChI=1S/C9H16N4/c1-12-5-2-8(3-6-12)13-7-4-9(10)11-13/h4,7-8H,2-3,5-6H2,1H3,(H2,10,11). The minimum Gasteiger partial charge on any atom is -0.382 e. The molecule has 0 radical (unpaired) electrons. The molecule has 1 saturated heterocycles. The molecule has 1 aliphatic heterocycles. The molecule has 2 N–H and O–H groups in total. The van der Waals surface area contributed by atoms with Gasteiger partial charge in [-0.15, -0.1) is 0 Å². The van der Waals surface area contributed by atoms with Crippen LogP contribution < -0.4 is 5.73 Å². The number of nitrogens with two attached hydrogens (primary N) is 1. The number of rotatable bonds is 1. The second-order valence-electron chi connectivity index (χ2n) is 3.76. The highest BCUT2D eigenvalue weighted by Crippen LogP contribution is 2.20. The van der Waals surface area contributed by atoms with E-state index in [0.717, 1.165) is 13.1 Å². The molecule has 0 amide bonds. The number of anilines is 1. The largest absolute Gasteiger partial charge is 0.382 e. The van der Waals surface area contributed by atoms with Crippen molar-refractivity contribution in [1.82, 2.24) is 14.7 Å². The van der Waals surface area contributed by atoms with E-state index in [-0.39, 0.29) is 0 Å². The second kappa shape index (κ2) is 3.38. The third kappa shape index (κ3) is 1.83. The Hall–Kier alpha value is -1.03. The Morgan fingerprint density at radius 3 is 2.69 bits per heavy atom. The maximum atomic E-state index is 5.57. The van der Waals surface area contributed by atoms with Crippen molar-refractivity contribution in [1.29, 1.82) is 0 Å². The van der Waals surface area contributed by atoms with Crippen LogP contribution in [0.5, 0.6) is 0 Å². The van der Waals surface area contributed by atoms with Crippen LogP contribution in [0.4, 0.5) is 5.82 Å². The highest BCUT2D eigenvalue weighted by molar-refractivity contribution is 5.24. The third-order valence-electron chi connectivity index (χ3n) is 2.69. The Labute approximate surface area is 78.3 Å². The molecule has 1 aromatic heterocycles. The molecule has 0 unspecified atom stereocenters. The Bertz CT molecular complexity index is 273. The highest BCUT2D eigenvalue weighted by atomic mass is 15.3. The van der Waals surface area contributed by atoms with Crippen LogP contribution >= 0.6 is 0 Å². The smallest absolute Gasteiger partial charge is 0.145 e. The summed E-state index contributed by atoms with van der Waals surface area (Å²) in [6.07, 6.45) is 4.33. The maximum absolute atomic E-state index is 5.57. The van der Waals surface area contributed by atoms with E-state index in [1.54, 1.807) is 0 Å². The maximum Gasteiger partial charge on any atom is 0.145 e. The van der Waals surface area contributed by atoms with Crippen LogP contribution in [-0.4, -0.2) is 34.8 Å². The molecule has 0 atom stereocenters. The van der Waals surface area contributed by atoms with Crippen molar-refractivity contribution in [3.8, 4) is 0 Å². The lowest BCUT2D eigenvalue weighted by Crippen LogP contribution is -2.31. The van der Waals surface area contributed by atoms with Gasteiger partial charge in [0.05, 0.1) is 6.04 Å². The first-order valence-corrected chi connectivity index (χ1v) is 4.75. The lowest BCUT2D eigenvalue weighted by atomic mass is 10.1. The van der Waals surface area contributed by atoms with Gasteiger partial charge in [-0.1, -0.05) is 0 Å². The summed E-state index contributed by atoms with van der Waals surface area (Å²) in [7, 11) is 2.16. The fourth-order valence-corrected chi connectivity index (χ4v) is 1.82. The summed E-state index contributed by atoms with van der Waals surface area (Å²) in [6.45, 7) is 2.31. The van der Waals surface area contributed by atoms with E-state index in [2.05, 4.69) is 17.0 Å². The summed E-state index contributed by atoms with van der Waals surface area (Å²) >= 11 is 0. The summed E-state index contributed by atoms with van der Waals surface area (Å²) in [5.41, 5.74) is 5.57. The van der Waals surface area contributed by atoms with Crippen molar-refractivity contribution in [2.45, 2.75) is 18.9 Å². The van der Waals surface area contributed by atoms with E-state index in [9.17, 15) is 0 Å². The summed E-state index contributed by atoms with van der Waals surface area (Å²) < 4.78 is 2.00. The average Bonchev–Trinajstić information content (AvgIpc) is 2.53. The molecule has 0 spiro atoms. The van der Waals surface area contributed by atoms with Crippen LogP contribution in [0, 0.1) is 0 Å². The van der Waals surface area contributed by atoms with Crippen LogP contribution in [0.1, 0.15) is 18.9 Å². The van der Waals surface area contributed by atoms with E-state index in [1.165, 1.54) is 12.8 Å². The van der Waals surface area contributed by atoms with Crippen LogP contribution in [0.25, 0.3) is 0 Å². The van der Waals surface area contributed by atoms with Crippen molar-refractivity contribution >= 4 is 5.82 Å². The lowest BCUT2D eigenvalue weighted by molar-refractivity contribution is 0.212. The molecule has 0 saturated carbocycles. The molecule has 0 aliphatic carbocycles. The zero-order valence-corrected chi connectivity index (χ0v) is 7.98. The first kappa shape index (κ1) is 8.56. The van der Waals surface area contributed by atoms with Gasteiger partial charge in [0, 0.05) is 6.20 Å². The number of piperidine rings is 1. The number of hydrogen-bond donors (Lipinski definition) is 1. The van der Waals surface area contributed by atoms with Gasteiger partial charge in [0.15, 0.2) is 0 Å². The SMILES string of the molecule is CN1CCC(n2ccc(N)n2)CC1. The summed E-state index contributed by atoms with van der Waals surface area (Å²) in [5.74, 6) is 0.624. The number of nitrogens with zero attached hydrogens (tertiary/aromatic N) is 3. The predicted octanol–water partition coefficient (Wildman–Crippen LogP) is 0.732. The Kier molecular flexibility index (Phi) is 2.22. The summed E-state index contributed by atoms with van der Waals surface area (Å²) in [4.78, 5) is 2.35. The Morgan fingerprint density at radius 2 is 2.15 bits per heavy atom. The lowest BCUT2D eigenvalue weighted by Gasteiger charge is -2.28. The quantitative estimate of drug-likeness (QED) is 0.693. The minimum atomic E-state index is 0.550. The van der Waals surface area contributed by atoms with Crippen molar-refractivity contribution in [3.63, 3.8) is 0 Å². The van der Waals surface area contributed by atoms with E-state index in [1.807, 2.05) is 16.9 Å². The molecular weight excluding hydrogens is 164 g/mol. The van der Waals surface area contributed by atoms with Gasteiger partial charge in [0.1, 0.15) is 5.82 Å². The monoisotopic (exact) mass is 180 g/mol. The summed E-state index contributed by atoms with van der Waals surface area (Å²) in [5, 5.41) is 4.24. The molecule has 0 bridgehead atoms. The highest BCUT2D eigenvalue weighted by Gasteiger charge is 2.18. The predicted molar refractivity (Wildman–Crippen MR) is 52.4 cm³/mol. The average molecular weight is 180 g/mol. The molecule has 0 aromatic carbocycles. The zero-order valence-electron chi connectivity index (χ0n) is 7.98. The molecule has 4 nitrogen and oxygen atoms in total. The molecule has 1 fully saturated rings. The van der Waals surface area contributed by atoms with Gasteiger partial charge in [-0.05, 0) is 39.0 Å². The number of aromatic nitrogens is 2. The Balaban J connectivity index is 2.02. The van der Waals surface area contributed by atoms with Crippen LogP contribution in [0.3, 0.4) is 0 Å². The molecule has 4 heteroatoms. The fraction of sp³-hybridized carbons (Fsp3) is 0.667. The molecule has 13 heavy (non-hydrogen) atoms. The van der Waals surface area contributed by atoms with Gasteiger partial charge in [0.25, 0.3) is 0 Å². The molecule has 2 heterocycles. The van der Waals surface area contributed by atoms with E-state index < -0.39 is 0 Å². The Morgan fingerprint density at radius 1 is 1.46 bits per heavy atom. The molecule has 1 aliphatic rings. The fourth-order valence-electron chi connectivity index (χ4n) is 1.82. The number of nitrogen functional groups attached to an aromatic ring is 1. The topological polar surface area (TPSA) is 47.1 Å². The normalized spacial score (nSPS) is 20.7. The van der Waals surface area contributed by atoms with Gasteiger partial charge in [-0.2, -0.15) is 5.10 Å². The first-order valence-electron chi connectivity index (χ1n) is 4.75. The second-order valence-corrected chi connectivity index (χ2v) is 3.76. The van der Waals surface area contributed by atoms with E-state index in [4.69, 9.17) is 5.73 Å². The van der Waals surface area contributed by atoms with Crippen LogP contribution in [0.2, 0.25) is 0 Å². The van der Waals surface area contributed by atoms with Gasteiger partial charge in [-0.25, -0.2) is 0 Å². The van der Waals surface area contributed by atoms with Crippen molar-refractivity contribution in [2.75, 3.05) is 25.9 Å². The van der Waals surface area contributed by atoms with Gasteiger partial charge >= 0.3 is 0 Å². The number of likely N-dealkylation sites (tertiary alicyclic amines) is 1. The third-order valence-corrected chi connectivity index (χ3v) is 2.69. The van der Waals surface area contributed by atoms with Crippen LogP contribution in [0.15, 0.2) is 12.3 Å². The molecular formula is C9H16N4.